The number of ketones is 1. The summed E-state index contributed by atoms with van der Waals surface area (Å²) in [4.78, 5) is 23.8. The van der Waals surface area contributed by atoms with Crippen molar-refractivity contribution in [3.05, 3.63) is 0 Å². The van der Waals surface area contributed by atoms with Gasteiger partial charge in [-0.2, -0.15) is 0 Å². The number of esters is 1. The summed E-state index contributed by atoms with van der Waals surface area (Å²) in [6.07, 6.45) is 1.69. The molecule has 4 heteroatoms. The molecule has 1 aliphatic rings. The van der Waals surface area contributed by atoms with Crippen molar-refractivity contribution in [1.29, 1.82) is 0 Å². The van der Waals surface area contributed by atoms with Gasteiger partial charge >= 0.3 is 5.97 Å². The Balaban J connectivity index is 2.80. The first-order valence-corrected chi connectivity index (χ1v) is 6.51. The normalized spacial score (nSPS) is 26.5. The SMILES string of the molecule is CCCC(C(=O)OC)C1C(C(=O)COC)C1(C)C. The maximum atomic E-state index is 12.0. The molecule has 104 valence electrons. The van der Waals surface area contributed by atoms with Gasteiger partial charge in [0.15, 0.2) is 5.78 Å². The number of methoxy groups -OCH3 is 2. The topological polar surface area (TPSA) is 52.6 Å². The lowest BCUT2D eigenvalue weighted by molar-refractivity contribution is -0.147. The van der Waals surface area contributed by atoms with Crippen LogP contribution in [0, 0.1) is 23.2 Å². The average molecular weight is 256 g/mol. The molecule has 1 aliphatic carbocycles. The summed E-state index contributed by atoms with van der Waals surface area (Å²) in [6.45, 7) is 6.25. The van der Waals surface area contributed by atoms with Crippen LogP contribution in [-0.4, -0.2) is 32.6 Å². The fourth-order valence-electron chi connectivity index (χ4n) is 3.18. The van der Waals surface area contributed by atoms with Gasteiger partial charge in [0, 0.05) is 13.0 Å². The van der Waals surface area contributed by atoms with Crippen LogP contribution in [0.15, 0.2) is 0 Å². The Morgan fingerprint density at radius 1 is 1.28 bits per heavy atom. The molecule has 18 heavy (non-hydrogen) atoms. The molecule has 3 unspecified atom stereocenters. The van der Waals surface area contributed by atoms with E-state index in [9.17, 15) is 9.59 Å². The van der Waals surface area contributed by atoms with Crippen molar-refractivity contribution in [2.45, 2.75) is 33.6 Å². The number of Topliss-reactive ketones (excluding diaryl/α,β-unsaturated/α-hetero) is 1. The van der Waals surface area contributed by atoms with E-state index in [1.54, 1.807) is 0 Å². The highest BCUT2D eigenvalue weighted by Gasteiger charge is 2.65. The van der Waals surface area contributed by atoms with Crippen molar-refractivity contribution >= 4 is 11.8 Å². The first-order valence-electron chi connectivity index (χ1n) is 6.51. The van der Waals surface area contributed by atoms with E-state index in [0.29, 0.717) is 0 Å². The van der Waals surface area contributed by atoms with Gasteiger partial charge < -0.3 is 9.47 Å². The van der Waals surface area contributed by atoms with Gasteiger partial charge in [0.2, 0.25) is 0 Å². The highest BCUT2D eigenvalue weighted by atomic mass is 16.5. The van der Waals surface area contributed by atoms with E-state index >= 15 is 0 Å². The molecule has 0 radical (unpaired) electrons. The van der Waals surface area contributed by atoms with Crippen molar-refractivity contribution in [1.82, 2.24) is 0 Å². The van der Waals surface area contributed by atoms with Crippen LogP contribution in [0.5, 0.6) is 0 Å². The van der Waals surface area contributed by atoms with Gasteiger partial charge in [0.25, 0.3) is 0 Å². The van der Waals surface area contributed by atoms with Gasteiger partial charge in [-0.05, 0) is 17.8 Å². The zero-order valence-electron chi connectivity index (χ0n) is 12.0. The Bertz CT molecular complexity index is 322. The number of carbonyl (C=O) groups excluding carboxylic acids is 2. The van der Waals surface area contributed by atoms with Gasteiger partial charge in [0.1, 0.15) is 6.61 Å². The van der Waals surface area contributed by atoms with Crippen LogP contribution in [0.2, 0.25) is 0 Å². The Hall–Kier alpha value is -0.900. The summed E-state index contributed by atoms with van der Waals surface area (Å²) in [7, 11) is 2.93. The Morgan fingerprint density at radius 3 is 2.33 bits per heavy atom. The maximum Gasteiger partial charge on any atom is 0.308 e. The summed E-state index contributed by atoms with van der Waals surface area (Å²) in [5.74, 6) is -0.249. The monoisotopic (exact) mass is 256 g/mol. The molecular formula is C14H24O4. The molecule has 1 fully saturated rings. The molecule has 0 aromatic heterocycles. The number of hydrogen-bond acceptors (Lipinski definition) is 4. The van der Waals surface area contributed by atoms with E-state index in [4.69, 9.17) is 9.47 Å². The Kier molecular flexibility index (Phi) is 4.91. The minimum absolute atomic E-state index is 0.0758. The highest BCUT2D eigenvalue weighted by Crippen LogP contribution is 2.63. The number of ether oxygens (including phenoxy) is 2. The predicted molar refractivity (Wildman–Crippen MR) is 68.1 cm³/mol. The number of rotatable bonds is 7. The zero-order valence-corrected chi connectivity index (χ0v) is 12.0. The van der Waals surface area contributed by atoms with Crippen LogP contribution in [0.25, 0.3) is 0 Å². The largest absolute Gasteiger partial charge is 0.469 e. The molecule has 0 spiro atoms. The highest BCUT2D eigenvalue weighted by molar-refractivity contribution is 5.88. The summed E-state index contributed by atoms with van der Waals surface area (Å²) >= 11 is 0. The predicted octanol–water partition coefficient (Wildman–Crippen LogP) is 2.06. The van der Waals surface area contributed by atoms with Gasteiger partial charge in [-0.1, -0.05) is 27.2 Å². The average Bonchev–Trinajstić information content (AvgIpc) is 2.88. The quantitative estimate of drug-likeness (QED) is 0.654. The summed E-state index contributed by atoms with van der Waals surface area (Å²) in [5, 5.41) is 0. The van der Waals surface area contributed by atoms with Crippen molar-refractivity contribution in [2.75, 3.05) is 20.8 Å². The second-order valence-electron chi connectivity index (χ2n) is 5.64. The van der Waals surface area contributed by atoms with E-state index in [1.165, 1.54) is 14.2 Å². The Labute approximate surface area is 109 Å². The third-order valence-electron chi connectivity index (χ3n) is 4.08. The summed E-state index contributed by atoms with van der Waals surface area (Å²) in [6, 6.07) is 0. The molecule has 0 saturated heterocycles. The molecule has 1 saturated carbocycles. The van der Waals surface area contributed by atoms with Crippen LogP contribution in [0.1, 0.15) is 33.6 Å². The Morgan fingerprint density at radius 2 is 1.89 bits per heavy atom. The van der Waals surface area contributed by atoms with Crippen LogP contribution in [0.4, 0.5) is 0 Å². The molecule has 0 heterocycles. The van der Waals surface area contributed by atoms with Gasteiger partial charge in [0.05, 0.1) is 13.0 Å². The lowest BCUT2D eigenvalue weighted by atomic mass is 9.93. The first-order chi connectivity index (χ1) is 8.41. The van der Waals surface area contributed by atoms with Gasteiger partial charge in [-0.3, -0.25) is 9.59 Å². The van der Waals surface area contributed by atoms with Crippen LogP contribution in [-0.2, 0) is 19.1 Å². The van der Waals surface area contributed by atoms with E-state index in [-0.39, 0.29) is 41.5 Å². The lowest BCUT2D eigenvalue weighted by Gasteiger charge is -2.14. The fraction of sp³-hybridized carbons (Fsp3) is 0.857. The van der Waals surface area contributed by atoms with Crippen molar-refractivity contribution in [2.24, 2.45) is 23.2 Å². The fourth-order valence-corrected chi connectivity index (χ4v) is 3.18. The van der Waals surface area contributed by atoms with Crippen molar-refractivity contribution < 1.29 is 19.1 Å². The third-order valence-corrected chi connectivity index (χ3v) is 4.08. The summed E-state index contributed by atoms with van der Waals surface area (Å²) < 4.78 is 9.77. The molecule has 0 aromatic carbocycles. The van der Waals surface area contributed by atoms with Crippen molar-refractivity contribution in [3.8, 4) is 0 Å². The maximum absolute atomic E-state index is 12.0. The van der Waals surface area contributed by atoms with E-state index in [1.807, 2.05) is 20.8 Å². The van der Waals surface area contributed by atoms with Crippen LogP contribution < -0.4 is 0 Å². The second kappa shape index (κ2) is 5.83. The van der Waals surface area contributed by atoms with Gasteiger partial charge in [-0.25, -0.2) is 0 Å². The molecule has 0 aromatic rings. The van der Waals surface area contributed by atoms with Gasteiger partial charge in [-0.15, -0.1) is 0 Å². The van der Waals surface area contributed by atoms with E-state index < -0.39 is 0 Å². The van der Waals surface area contributed by atoms with E-state index in [2.05, 4.69) is 0 Å². The molecule has 1 rings (SSSR count). The smallest absolute Gasteiger partial charge is 0.308 e. The minimum Gasteiger partial charge on any atom is -0.469 e. The molecule has 4 nitrogen and oxygen atoms in total. The standard InChI is InChI=1S/C14H24O4/c1-6-7-9(13(16)18-5)11-12(14(11,2)3)10(15)8-17-4/h9,11-12H,6-8H2,1-5H3. The second-order valence-corrected chi connectivity index (χ2v) is 5.64. The third kappa shape index (κ3) is 2.74. The van der Waals surface area contributed by atoms with Crippen LogP contribution in [0.3, 0.4) is 0 Å². The number of hydrogen-bond donors (Lipinski definition) is 0. The van der Waals surface area contributed by atoms with E-state index in [0.717, 1.165) is 12.8 Å². The molecule has 0 N–H and O–H groups in total. The first kappa shape index (κ1) is 15.2. The molecule has 3 atom stereocenters. The molecule has 0 amide bonds. The molecule has 0 bridgehead atoms. The zero-order chi connectivity index (χ0) is 13.9. The molecule has 0 aliphatic heterocycles. The minimum atomic E-state index is -0.192. The van der Waals surface area contributed by atoms with Crippen LogP contribution >= 0.6 is 0 Å². The van der Waals surface area contributed by atoms with Crippen molar-refractivity contribution in [3.63, 3.8) is 0 Å². The summed E-state index contributed by atoms with van der Waals surface area (Å²) in [5.41, 5.74) is -0.121. The molecular weight excluding hydrogens is 232 g/mol. The number of carbonyl (C=O) groups is 2. The lowest BCUT2D eigenvalue weighted by Crippen LogP contribution is -2.21.